The van der Waals surface area contributed by atoms with Gasteiger partial charge in [0.2, 0.25) is 5.91 Å². The van der Waals surface area contributed by atoms with Gasteiger partial charge in [-0.3, -0.25) is 19.3 Å². The van der Waals surface area contributed by atoms with Gasteiger partial charge in [-0.1, -0.05) is 70.0 Å². The molecule has 4 aliphatic rings. The minimum atomic E-state index is -0.930. The Morgan fingerprint density at radius 2 is 1.84 bits per heavy atom. The SMILES string of the molecule is CC(C)(C)c1cccc(I)c1.CCOC(=O)[C@]12CC(=O)[C@@H]3C[C@@H](OC(=O)N4Cc5cccc(F)c5C4)CN3C(=O)[C@@H](N)CCCCC/C=C\[C@@H]1C2. The van der Waals surface area contributed by atoms with Crippen LogP contribution in [0.3, 0.4) is 0 Å². The van der Waals surface area contributed by atoms with Crippen LogP contribution < -0.4 is 5.73 Å². The summed E-state index contributed by atoms with van der Waals surface area (Å²) in [6.45, 7) is 9.03. The number of rotatable bonds is 3. The second-order valence-electron chi connectivity index (χ2n) is 15.2. The van der Waals surface area contributed by atoms with Gasteiger partial charge in [-0.15, -0.1) is 0 Å². The summed E-state index contributed by atoms with van der Waals surface area (Å²) in [6, 6.07) is 11.8. The van der Waals surface area contributed by atoms with E-state index in [-0.39, 0.29) is 67.9 Å². The van der Waals surface area contributed by atoms with Crippen LogP contribution in [0.15, 0.2) is 54.6 Å². The molecule has 11 heteroatoms. The second kappa shape index (κ2) is 16.6. The van der Waals surface area contributed by atoms with Crippen LogP contribution in [-0.4, -0.2) is 64.9 Å². The average Bonchev–Trinajstić information content (AvgIpc) is 3.38. The molecule has 276 valence electrons. The maximum Gasteiger partial charge on any atom is 0.410 e. The molecule has 5 atom stereocenters. The summed E-state index contributed by atoms with van der Waals surface area (Å²) in [7, 11) is 0. The first kappa shape index (κ1) is 38.9. The van der Waals surface area contributed by atoms with E-state index in [4.69, 9.17) is 15.2 Å². The molecule has 9 nitrogen and oxygen atoms in total. The summed E-state index contributed by atoms with van der Waals surface area (Å²) in [6.07, 6.45) is 7.36. The maximum atomic E-state index is 14.2. The number of hydrogen-bond acceptors (Lipinski definition) is 7. The van der Waals surface area contributed by atoms with E-state index < -0.39 is 35.7 Å². The fourth-order valence-electron chi connectivity index (χ4n) is 7.31. The molecule has 6 rings (SSSR count). The van der Waals surface area contributed by atoms with Gasteiger partial charge in [-0.2, -0.15) is 0 Å². The molecule has 1 aliphatic carbocycles. The number of carbonyl (C=O) groups excluding carboxylic acids is 4. The van der Waals surface area contributed by atoms with Crippen LogP contribution in [0.2, 0.25) is 0 Å². The smallest absolute Gasteiger partial charge is 0.410 e. The summed E-state index contributed by atoms with van der Waals surface area (Å²) < 4.78 is 26.6. The number of benzene rings is 2. The number of carbonyl (C=O) groups is 4. The van der Waals surface area contributed by atoms with Crippen molar-refractivity contribution in [3.05, 3.63) is 80.7 Å². The molecule has 2 aromatic carbocycles. The fourth-order valence-corrected chi connectivity index (χ4v) is 7.86. The Morgan fingerprint density at radius 1 is 1.08 bits per heavy atom. The Balaban J connectivity index is 0.000000392. The average molecular weight is 816 g/mol. The zero-order valence-corrected chi connectivity index (χ0v) is 32.3. The van der Waals surface area contributed by atoms with E-state index in [1.54, 1.807) is 19.1 Å². The number of fused-ring (bicyclic) bond motifs is 3. The lowest BCUT2D eigenvalue weighted by molar-refractivity contribution is -0.152. The van der Waals surface area contributed by atoms with Crippen LogP contribution in [0.1, 0.15) is 95.8 Å². The van der Waals surface area contributed by atoms with Crippen LogP contribution in [0, 0.1) is 20.7 Å². The molecule has 0 unspecified atom stereocenters. The Kier molecular flexibility index (Phi) is 12.6. The van der Waals surface area contributed by atoms with Crippen molar-refractivity contribution in [2.24, 2.45) is 17.1 Å². The van der Waals surface area contributed by atoms with Crippen molar-refractivity contribution in [3.63, 3.8) is 0 Å². The van der Waals surface area contributed by atoms with E-state index >= 15 is 0 Å². The first-order valence-corrected chi connectivity index (χ1v) is 19.2. The molecular weight excluding hydrogens is 764 g/mol. The Bertz CT molecular complexity index is 1640. The molecule has 3 heterocycles. The zero-order chi connectivity index (χ0) is 36.9. The van der Waals surface area contributed by atoms with E-state index in [2.05, 4.69) is 73.7 Å². The molecule has 0 spiro atoms. The first-order valence-electron chi connectivity index (χ1n) is 18.1. The van der Waals surface area contributed by atoms with Gasteiger partial charge in [0.25, 0.3) is 0 Å². The summed E-state index contributed by atoms with van der Waals surface area (Å²) in [4.78, 5) is 56.1. The van der Waals surface area contributed by atoms with Crippen LogP contribution >= 0.6 is 22.6 Å². The van der Waals surface area contributed by atoms with Crippen molar-refractivity contribution < 1.29 is 33.0 Å². The van der Waals surface area contributed by atoms with E-state index in [1.807, 2.05) is 6.08 Å². The van der Waals surface area contributed by atoms with Crippen molar-refractivity contribution in [1.29, 1.82) is 0 Å². The number of hydrogen-bond donors (Lipinski definition) is 1. The molecule has 2 aromatic rings. The van der Waals surface area contributed by atoms with E-state index in [0.29, 0.717) is 18.4 Å². The number of nitrogens with zero attached hydrogens (tertiary/aromatic N) is 2. The minimum absolute atomic E-state index is 0.0412. The molecule has 0 radical (unpaired) electrons. The Hall–Kier alpha value is -3.32. The number of Topliss-reactive ketones (excluding diaryl/α,β-unsaturated/α-hetero) is 1. The highest BCUT2D eigenvalue weighted by Gasteiger charge is 2.61. The van der Waals surface area contributed by atoms with Crippen LogP contribution in [0.25, 0.3) is 0 Å². The van der Waals surface area contributed by atoms with E-state index in [9.17, 15) is 23.6 Å². The second-order valence-corrected chi connectivity index (χ2v) is 16.5. The van der Waals surface area contributed by atoms with Gasteiger partial charge in [-0.25, -0.2) is 9.18 Å². The lowest BCUT2D eigenvalue weighted by Crippen LogP contribution is -2.49. The maximum absolute atomic E-state index is 14.2. The molecule has 2 amide bonds. The van der Waals surface area contributed by atoms with E-state index in [0.717, 1.165) is 31.2 Å². The largest absolute Gasteiger partial charge is 0.466 e. The lowest BCUT2D eigenvalue weighted by atomic mass is 9.87. The highest BCUT2D eigenvalue weighted by Crippen LogP contribution is 2.57. The van der Waals surface area contributed by atoms with Crippen LogP contribution in [-0.2, 0) is 42.4 Å². The topological polar surface area (TPSA) is 119 Å². The molecule has 0 aromatic heterocycles. The number of ether oxygens (including phenoxy) is 2. The predicted octanol–water partition coefficient (Wildman–Crippen LogP) is 7.21. The summed E-state index contributed by atoms with van der Waals surface area (Å²) in [5, 5.41) is 0. The molecule has 0 bridgehead atoms. The van der Waals surface area contributed by atoms with Gasteiger partial charge in [0, 0.05) is 28.5 Å². The predicted molar refractivity (Wildman–Crippen MR) is 201 cm³/mol. The molecule has 3 aliphatic heterocycles. The standard InChI is InChI=1S/C30H38FN3O6.C10H13I/c1-2-39-28(37)30-14-20(30)10-6-4-3-5-7-12-24(32)27(36)34-17-21(13-25(34)26(35)15-30)40-29(38)33-16-19-9-8-11-23(31)22(19)18-33;1-10(2,3)8-5-4-6-9(11)7-8/h6,8-11,20-21,24-25H,2-5,7,12-18,32H2,1H3;4-7H,1-3H3/b10-6-;/t20-,21-,24+,25+,30-;/m1./s1. The van der Waals surface area contributed by atoms with Crippen molar-refractivity contribution >= 4 is 46.3 Å². The van der Waals surface area contributed by atoms with Gasteiger partial charge < -0.3 is 20.1 Å². The number of ketones is 1. The number of halogens is 2. The third kappa shape index (κ3) is 9.38. The first-order chi connectivity index (χ1) is 24.2. The summed E-state index contributed by atoms with van der Waals surface area (Å²) >= 11 is 2.35. The van der Waals surface area contributed by atoms with Crippen LogP contribution in [0.5, 0.6) is 0 Å². The summed E-state index contributed by atoms with van der Waals surface area (Å²) in [5.41, 5.74) is 8.22. The number of amides is 2. The normalized spacial score (nSPS) is 27.1. The van der Waals surface area contributed by atoms with Crippen molar-refractivity contribution in [3.8, 4) is 0 Å². The zero-order valence-electron chi connectivity index (χ0n) is 30.2. The van der Waals surface area contributed by atoms with Gasteiger partial charge in [0.15, 0.2) is 5.78 Å². The van der Waals surface area contributed by atoms with Crippen molar-refractivity contribution in [2.45, 2.75) is 116 Å². The van der Waals surface area contributed by atoms with Gasteiger partial charge in [0.05, 0.1) is 37.2 Å². The molecular formula is C40H51FIN3O6. The molecule has 2 N–H and O–H groups in total. The van der Waals surface area contributed by atoms with Crippen molar-refractivity contribution in [1.82, 2.24) is 9.80 Å². The molecule has 51 heavy (non-hydrogen) atoms. The lowest BCUT2D eigenvalue weighted by Gasteiger charge is -2.27. The fraction of sp³-hybridized carbons (Fsp3) is 0.550. The van der Waals surface area contributed by atoms with Crippen molar-refractivity contribution in [2.75, 3.05) is 13.2 Å². The monoisotopic (exact) mass is 815 g/mol. The van der Waals surface area contributed by atoms with E-state index in [1.165, 1.54) is 25.0 Å². The van der Waals surface area contributed by atoms with Gasteiger partial charge in [0.1, 0.15) is 11.9 Å². The Morgan fingerprint density at radius 3 is 2.53 bits per heavy atom. The number of allylic oxidation sites excluding steroid dienone is 2. The number of esters is 1. The van der Waals surface area contributed by atoms with Crippen LogP contribution in [0.4, 0.5) is 9.18 Å². The third-order valence-corrected chi connectivity index (χ3v) is 11.1. The highest BCUT2D eigenvalue weighted by atomic mass is 127. The highest BCUT2D eigenvalue weighted by molar-refractivity contribution is 14.1. The van der Waals surface area contributed by atoms with Gasteiger partial charge >= 0.3 is 12.1 Å². The Labute approximate surface area is 314 Å². The molecule has 2 fully saturated rings. The van der Waals surface area contributed by atoms with Gasteiger partial charge in [-0.05, 0) is 95.9 Å². The minimum Gasteiger partial charge on any atom is -0.466 e. The third-order valence-electron chi connectivity index (χ3n) is 10.4. The molecule has 1 saturated carbocycles. The number of nitrogens with two attached hydrogens (primary N) is 1. The molecule has 1 saturated heterocycles. The quantitative estimate of drug-likeness (QED) is 0.198. The summed E-state index contributed by atoms with van der Waals surface area (Å²) in [5.74, 6) is -1.45.